The number of rotatable bonds is 10. The Morgan fingerprint density at radius 2 is 1.90 bits per heavy atom. The molecule has 1 aromatic heterocycles. The van der Waals surface area contributed by atoms with Crippen LogP contribution in [-0.2, 0) is 0 Å². The van der Waals surface area contributed by atoms with Crippen LogP contribution in [0.2, 0.25) is 0 Å². The predicted octanol–water partition coefficient (Wildman–Crippen LogP) is 4.59. The quantitative estimate of drug-likeness (QED) is 0.641. The molecule has 0 fully saturated rings. The summed E-state index contributed by atoms with van der Waals surface area (Å²) in [7, 11) is 0. The fraction of sp³-hybridized carbons (Fsp3) is 0.765. The summed E-state index contributed by atoms with van der Waals surface area (Å²) in [5.74, 6) is 1.33. The number of hydrogen-bond acceptors (Lipinski definition) is 4. The normalized spacial score (nSPS) is 11.5. The lowest BCUT2D eigenvalue weighted by atomic mass is 9.87. The Kier molecular flexibility index (Phi) is 7.48. The zero-order chi connectivity index (χ0) is 15.7. The summed E-state index contributed by atoms with van der Waals surface area (Å²) < 4.78 is 5.60. The summed E-state index contributed by atoms with van der Waals surface area (Å²) in [4.78, 5) is 8.87. The first-order valence-electron chi connectivity index (χ1n) is 8.19. The predicted molar refractivity (Wildman–Crippen MR) is 89.0 cm³/mol. The van der Waals surface area contributed by atoms with Gasteiger partial charge < -0.3 is 10.1 Å². The van der Waals surface area contributed by atoms with Gasteiger partial charge in [-0.3, -0.25) is 0 Å². The number of aromatic nitrogens is 2. The van der Waals surface area contributed by atoms with Crippen molar-refractivity contribution in [2.45, 2.75) is 66.7 Å². The minimum atomic E-state index is 0.257. The second kappa shape index (κ2) is 8.85. The molecule has 0 aliphatic carbocycles. The summed E-state index contributed by atoms with van der Waals surface area (Å²) in [6, 6.07) is 1.88. The monoisotopic (exact) mass is 293 g/mol. The second-order valence-corrected chi connectivity index (χ2v) is 6.49. The lowest BCUT2D eigenvalue weighted by Gasteiger charge is -2.25. The Morgan fingerprint density at radius 1 is 1.14 bits per heavy atom. The highest BCUT2D eigenvalue weighted by Gasteiger charge is 2.17. The molecule has 0 bridgehead atoms. The Balaban J connectivity index is 2.55. The van der Waals surface area contributed by atoms with Crippen LogP contribution >= 0.6 is 0 Å². The SMILES string of the molecule is CCCCCC(C)(C)CNc1nc(C)cc(OCCC)n1. The van der Waals surface area contributed by atoms with Crippen molar-refractivity contribution in [2.75, 3.05) is 18.5 Å². The molecule has 120 valence electrons. The van der Waals surface area contributed by atoms with E-state index in [1.165, 1.54) is 25.7 Å². The van der Waals surface area contributed by atoms with Gasteiger partial charge in [0.05, 0.1) is 6.61 Å². The molecule has 0 aromatic carbocycles. The van der Waals surface area contributed by atoms with E-state index in [0.29, 0.717) is 18.4 Å². The number of unbranched alkanes of at least 4 members (excludes halogenated alkanes) is 2. The van der Waals surface area contributed by atoms with Gasteiger partial charge in [0.25, 0.3) is 0 Å². The van der Waals surface area contributed by atoms with E-state index in [2.05, 4.69) is 43.0 Å². The fourth-order valence-electron chi connectivity index (χ4n) is 2.16. The molecular formula is C17H31N3O. The van der Waals surface area contributed by atoms with E-state index in [4.69, 9.17) is 4.74 Å². The lowest BCUT2D eigenvalue weighted by molar-refractivity contribution is 0.304. The van der Waals surface area contributed by atoms with Gasteiger partial charge in [-0.05, 0) is 25.2 Å². The summed E-state index contributed by atoms with van der Waals surface area (Å²) in [6.45, 7) is 12.5. The van der Waals surface area contributed by atoms with Crippen LogP contribution in [0.15, 0.2) is 6.07 Å². The standard InChI is InChI=1S/C17H31N3O/c1-6-8-9-10-17(4,5)13-18-16-19-14(3)12-15(20-16)21-11-7-2/h12H,6-11,13H2,1-5H3,(H,18,19,20). The Labute approximate surface area is 129 Å². The van der Waals surface area contributed by atoms with Crippen molar-refractivity contribution in [1.29, 1.82) is 0 Å². The van der Waals surface area contributed by atoms with Gasteiger partial charge in [-0.2, -0.15) is 4.98 Å². The average molecular weight is 293 g/mol. The van der Waals surface area contributed by atoms with Crippen molar-refractivity contribution >= 4 is 5.95 Å². The number of aryl methyl sites for hydroxylation is 1. The molecule has 0 radical (unpaired) electrons. The first kappa shape index (κ1) is 17.7. The maximum Gasteiger partial charge on any atom is 0.226 e. The van der Waals surface area contributed by atoms with Crippen LogP contribution in [0.5, 0.6) is 5.88 Å². The third-order valence-corrected chi connectivity index (χ3v) is 3.47. The smallest absolute Gasteiger partial charge is 0.226 e. The molecule has 1 heterocycles. The van der Waals surface area contributed by atoms with Gasteiger partial charge in [-0.1, -0.05) is 47.0 Å². The van der Waals surface area contributed by atoms with Crippen LogP contribution in [0.3, 0.4) is 0 Å². The molecular weight excluding hydrogens is 262 g/mol. The molecule has 1 N–H and O–H groups in total. The second-order valence-electron chi connectivity index (χ2n) is 6.49. The molecule has 1 aromatic rings. The van der Waals surface area contributed by atoms with Crippen molar-refractivity contribution in [1.82, 2.24) is 9.97 Å². The van der Waals surface area contributed by atoms with E-state index in [1.807, 2.05) is 13.0 Å². The van der Waals surface area contributed by atoms with Crippen molar-refractivity contribution in [2.24, 2.45) is 5.41 Å². The van der Waals surface area contributed by atoms with Gasteiger partial charge in [0, 0.05) is 18.3 Å². The molecule has 0 spiro atoms. The summed E-state index contributed by atoms with van der Waals surface area (Å²) >= 11 is 0. The van der Waals surface area contributed by atoms with Crippen LogP contribution in [0.1, 0.15) is 65.5 Å². The third-order valence-electron chi connectivity index (χ3n) is 3.47. The molecule has 1 rings (SSSR count). The van der Waals surface area contributed by atoms with E-state index in [9.17, 15) is 0 Å². The van der Waals surface area contributed by atoms with Gasteiger partial charge in [-0.25, -0.2) is 4.98 Å². The average Bonchev–Trinajstić information content (AvgIpc) is 2.43. The fourth-order valence-corrected chi connectivity index (χ4v) is 2.16. The topological polar surface area (TPSA) is 47.0 Å². The molecule has 0 atom stereocenters. The van der Waals surface area contributed by atoms with Gasteiger partial charge >= 0.3 is 0 Å². The first-order valence-corrected chi connectivity index (χ1v) is 8.19. The third kappa shape index (κ3) is 7.30. The summed E-state index contributed by atoms with van der Waals surface area (Å²) in [6.07, 6.45) is 6.06. The van der Waals surface area contributed by atoms with Gasteiger partial charge in [0.15, 0.2) is 0 Å². The van der Waals surface area contributed by atoms with Crippen LogP contribution < -0.4 is 10.1 Å². The Hall–Kier alpha value is -1.32. The minimum Gasteiger partial charge on any atom is -0.478 e. The highest BCUT2D eigenvalue weighted by molar-refractivity contribution is 5.30. The van der Waals surface area contributed by atoms with Crippen molar-refractivity contribution < 1.29 is 4.74 Å². The zero-order valence-electron chi connectivity index (χ0n) is 14.3. The van der Waals surface area contributed by atoms with Crippen LogP contribution in [0, 0.1) is 12.3 Å². The molecule has 0 saturated heterocycles. The van der Waals surface area contributed by atoms with Gasteiger partial charge in [-0.15, -0.1) is 0 Å². The maximum atomic E-state index is 5.60. The molecule has 4 nitrogen and oxygen atoms in total. The largest absolute Gasteiger partial charge is 0.478 e. The van der Waals surface area contributed by atoms with Crippen molar-refractivity contribution in [3.05, 3.63) is 11.8 Å². The number of hydrogen-bond donors (Lipinski definition) is 1. The highest BCUT2D eigenvalue weighted by atomic mass is 16.5. The van der Waals surface area contributed by atoms with E-state index in [0.717, 1.165) is 18.7 Å². The Bertz CT molecular complexity index is 418. The lowest BCUT2D eigenvalue weighted by Crippen LogP contribution is -2.24. The molecule has 0 unspecified atom stereocenters. The van der Waals surface area contributed by atoms with Crippen LogP contribution in [0.4, 0.5) is 5.95 Å². The number of nitrogens with zero attached hydrogens (tertiary/aromatic N) is 2. The summed E-state index contributed by atoms with van der Waals surface area (Å²) in [5.41, 5.74) is 1.19. The zero-order valence-corrected chi connectivity index (χ0v) is 14.3. The van der Waals surface area contributed by atoms with Crippen LogP contribution in [-0.4, -0.2) is 23.1 Å². The van der Waals surface area contributed by atoms with Crippen LogP contribution in [0.25, 0.3) is 0 Å². The first-order chi connectivity index (χ1) is 9.96. The molecule has 0 amide bonds. The van der Waals surface area contributed by atoms with Gasteiger partial charge in [0.1, 0.15) is 0 Å². The molecule has 0 aliphatic heterocycles. The molecule has 0 aliphatic rings. The van der Waals surface area contributed by atoms with E-state index in [-0.39, 0.29) is 5.41 Å². The number of nitrogens with one attached hydrogen (secondary N) is 1. The van der Waals surface area contributed by atoms with E-state index in [1.54, 1.807) is 0 Å². The molecule has 21 heavy (non-hydrogen) atoms. The molecule has 0 saturated carbocycles. The molecule has 4 heteroatoms. The van der Waals surface area contributed by atoms with E-state index < -0.39 is 0 Å². The van der Waals surface area contributed by atoms with E-state index >= 15 is 0 Å². The number of anilines is 1. The minimum absolute atomic E-state index is 0.257. The number of ether oxygens (including phenoxy) is 1. The highest BCUT2D eigenvalue weighted by Crippen LogP contribution is 2.24. The summed E-state index contributed by atoms with van der Waals surface area (Å²) in [5, 5.41) is 3.37. The van der Waals surface area contributed by atoms with Crippen molar-refractivity contribution in [3.63, 3.8) is 0 Å². The Morgan fingerprint density at radius 3 is 2.57 bits per heavy atom. The maximum absolute atomic E-state index is 5.60. The van der Waals surface area contributed by atoms with Gasteiger partial charge in [0.2, 0.25) is 11.8 Å². The van der Waals surface area contributed by atoms with Crippen molar-refractivity contribution in [3.8, 4) is 5.88 Å².